The van der Waals surface area contributed by atoms with Crippen LogP contribution in [0.2, 0.25) is 5.02 Å². The van der Waals surface area contributed by atoms with Crippen LogP contribution in [0.5, 0.6) is 11.5 Å². The van der Waals surface area contributed by atoms with E-state index in [1.165, 1.54) is 12.1 Å². The fourth-order valence-electron chi connectivity index (χ4n) is 3.22. The third kappa shape index (κ3) is 8.36. The summed E-state index contributed by atoms with van der Waals surface area (Å²) >= 11 is 5.91. The van der Waals surface area contributed by atoms with Crippen molar-refractivity contribution < 1.29 is 28.7 Å². The van der Waals surface area contributed by atoms with Crippen LogP contribution in [0.3, 0.4) is 0 Å². The van der Waals surface area contributed by atoms with E-state index in [0.717, 1.165) is 16.9 Å². The van der Waals surface area contributed by atoms with Crippen molar-refractivity contribution >= 4 is 41.0 Å². The van der Waals surface area contributed by atoms with E-state index in [1.807, 2.05) is 32.0 Å². The number of para-hydroxylation sites is 1. The van der Waals surface area contributed by atoms with E-state index >= 15 is 0 Å². The van der Waals surface area contributed by atoms with Crippen molar-refractivity contribution in [2.24, 2.45) is 0 Å². The minimum atomic E-state index is -0.749. The molecule has 0 bridgehead atoms. The molecule has 0 spiro atoms. The molecule has 3 aromatic rings. The van der Waals surface area contributed by atoms with E-state index in [2.05, 4.69) is 16.2 Å². The summed E-state index contributed by atoms with van der Waals surface area (Å²) in [6.45, 7) is 3.31. The molecular weight excluding hydrogens is 498 g/mol. The second kappa shape index (κ2) is 13.1. The maximum atomic E-state index is 12.2. The van der Waals surface area contributed by atoms with Crippen molar-refractivity contribution in [1.82, 2.24) is 10.9 Å². The van der Waals surface area contributed by atoms with Gasteiger partial charge in [0.2, 0.25) is 5.91 Å². The van der Waals surface area contributed by atoms with E-state index in [1.54, 1.807) is 36.4 Å². The van der Waals surface area contributed by atoms with Gasteiger partial charge in [-0.05, 0) is 61.4 Å². The summed E-state index contributed by atoms with van der Waals surface area (Å²) in [5.41, 5.74) is 7.05. The van der Waals surface area contributed by atoms with Gasteiger partial charge >= 0.3 is 5.97 Å². The number of carbonyl (C=O) groups excluding carboxylic acids is 4. The van der Waals surface area contributed by atoms with Gasteiger partial charge in [0.15, 0.2) is 6.61 Å². The number of nitrogens with one attached hydrogen (secondary N) is 3. The summed E-state index contributed by atoms with van der Waals surface area (Å²) in [5.74, 6) is -1.08. The normalized spacial score (nSPS) is 10.2. The third-order valence-corrected chi connectivity index (χ3v) is 5.45. The number of rotatable bonds is 9. The number of hydrogen-bond donors (Lipinski definition) is 3. The lowest BCUT2D eigenvalue weighted by molar-refractivity contribution is -0.149. The van der Waals surface area contributed by atoms with Gasteiger partial charge in [0.1, 0.15) is 11.5 Å². The zero-order chi connectivity index (χ0) is 26.8. The van der Waals surface area contributed by atoms with Gasteiger partial charge in [-0.1, -0.05) is 41.9 Å². The number of benzene rings is 3. The molecule has 0 radical (unpaired) electrons. The van der Waals surface area contributed by atoms with Gasteiger partial charge in [-0.15, -0.1) is 0 Å². The number of carbonyl (C=O) groups is 4. The Morgan fingerprint density at radius 1 is 0.784 bits per heavy atom. The molecule has 0 aliphatic carbocycles. The summed E-state index contributed by atoms with van der Waals surface area (Å²) in [6, 6.07) is 19.1. The molecule has 0 saturated heterocycles. The van der Waals surface area contributed by atoms with Crippen LogP contribution in [0.15, 0.2) is 66.7 Å². The second-order valence-corrected chi connectivity index (χ2v) is 8.45. The summed E-state index contributed by atoms with van der Waals surface area (Å²) in [7, 11) is 0. The Kier molecular flexibility index (Phi) is 9.62. The van der Waals surface area contributed by atoms with Crippen LogP contribution < -0.4 is 20.9 Å². The molecule has 0 aromatic heterocycles. The van der Waals surface area contributed by atoms with Gasteiger partial charge < -0.3 is 14.8 Å². The fraction of sp³-hybridized carbons (Fsp3) is 0.185. The lowest BCUT2D eigenvalue weighted by atomic mass is 10.1. The monoisotopic (exact) mass is 523 g/mol. The zero-order valence-electron chi connectivity index (χ0n) is 20.3. The van der Waals surface area contributed by atoms with Gasteiger partial charge in [-0.3, -0.25) is 30.0 Å². The predicted octanol–water partition coefficient (Wildman–Crippen LogP) is 4.47. The van der Waals surface area contributed by atoms with Crippen LogP contribution in [0.1, 0.15) is 34.3 Å². The van der Waals surface area contributed by atoms with Crippen molar-refractivity contribution in [3.05, 3.63) is 88.4 Å². The molecule has 192 valence electrons. The summed E-state index contributed by atoms with van der Waals surface area (Å²) in [4.78, 5) is 47.8. The average molecular weight is 524 g/mol. The SMILES string of the molecule is Cc1cccc(C)c1Oc1ccc(NC(=O)CCC(=O)OCC(=O)NNC(=O)c2ccccc2Cl)cc1. The first-order valence-corrected chi connectivity index (χ1v) is 11.7. The molecule has 0 unspecified atom stereocenters. The van der Waals surface area contributed by atoms with Gasteiger partial charge in [0.25, 0.3) is 11.8 Å². The third-order valence-electron chi connectivity index (χ3n) is 5.12. The van der Waals surface area contributed by atoms with E-state index in [-0.39, 0.29) is 23.4 Å². The maximum Gasteiger partial charge on any atom is 0.306 e. The van der Waals surface area contributed by atoms with Crippen LogP contribution in [-0.4, -0.2) is 30.3 Å². The lowest BCUT2D eigenvalue weighted by Gasteiger charge is -2.12. The highest BCUT2D eigenvalue weighted by molar-refractivity contribution is 6.33. The van der Waals surface area contributed by atoms with Crippen molar-refractivity contribution in [2.45, 2.75) is 26.7 Å². The molecule has 3 N–H and O–H groups in total. The van der Waals surface area contributed by atoms with Gasteiger partial charge in [-0.25, -0.2) is 0 Å². The van der Waals surface area contributed by atoms with E-state index in [0.29, 0.717) is 11.4 Å². The molecule has 37 heavy (non-hydrogen) atoms. The lowest BCUT2D eigenvalue weighted by Crippen LogP contribution is -2.43. The quantitative estimate of drug-likeness (QED) is 0.281. The largest absolute Gasteiger partial charge is 0.457 e. The molecule has 0 saturated carbocycles. The Morgan fingerprint density at radius 3 is 2.14 bits per heavy atom. The van der Waals surface area contributed by atoms with Crippen molar-refractivity contribution in [1.29, 1.82) is 0 Å². The molecule has 0 atom stereocenters. The molecule has 3 aromatic carbocycles. The van der Waals surface area contributed by atoms with E-state index in [4.69, 9.17) is 21.1 Å². The number of amides is 3. The van der Waals surface area contributed by atoms with Crippen LogP contribution >= 0.6 is 11.6 Å². The highest BCUT2D eigenvalue weighted by Crippen LogP contribution is 2.29. The molecule has 0 heterocycles. The minimum Gasteiger partial charge on any atom is -0.457 e. The van der Waals surface area contributed by atoms with Crippen LogP contribution in [0.25, 0.3) is 0 Å². The highest BCUT2D eigenvalue weighted by atomic mass is 35.5. The summed E-state index contributed by atoms with van der Waals surface area (Å²) in [6.07, 6.45) is -0.358. The molecule has 9 nitrogen and oxygen atoms in total. The molecule has 10 heteroatoms. The Balaban J connectivity index is 1.36. The number of halogens is 1. The first-order chi connectivity index (χ1) is 17.7. The van der Waals surface area contributed by atoms with Gasteiger partial charge in [0, 0.05) is 12.1 Å². The fourth-order valence-corrected chi connectivity index (χ4v) is 3.44. The number of hydrogen-bond acceptors (Lipinski definition) is 6. The Bertz CT molecular complexity index is 1270. The Hall–Kier alpha value is -4.37. The van der Waals surface area contributed by atoms with E-state index in [9.17, 15) is 19.2 Å². The predicted molar refractivity (Wildman–Crippen MR) is 138 cm³/mol. The van der Waals surface area contributed by atoms with Crippen LogP contribution in [0, 0.1) is 13.8 Å². The summed E-state index contributed by atoms with van der Waals surface area (Å²) < 4.78 is 10.8. The second-order valence-electron chi connectivity index (χ2n) is 8.04. The average Bonchev–Trinajstić information content (AvgIpc) is 2.88. The number of esters is 1. The minimum absolute atomic E-state index is 0.135. The smallest absolute Gasteiger partial charge is 0.306 e. The number of aryl methyl sites for hydroxylation is 2. The zero-order valence-corrected chi connectivity index (χ0v) is 21.1. The number of hydrazine groups is 1. The number of anilines is 1. The number of ether oxygens (including phenoxy) is 2. The molecule has 3 amide bonds. The molecular formula is C27H26ClN3O6. The first kappa shape index (κ1) is 27.2. The maximum absolute atomic E-state index is 12.2. The van der Waals surface area contributed by atoms with Crippen LogP contribution in [-0.2, 0) is 19.1 Å². The van der Waals surface area contributed by atoms with E-state index < -0.39 is 30.3 Å². The van der Waals surface area contributed by atoms with Crippen molar-refractivity contribution in [2.75, 3.05) is 11.9 Å². The van der Waals surface area contributed by atoms with Gasteiger partial charge in [0.05, 0.1) is 17.0 Å². The van der Waals surface area contributed by atoms with Gasteiger partial charge in [-0.2, -0.15) is 0 Å². The molecule has 0 fully saturated rings. The summed E-state index contributed by atoms with van der Waals surface area (Å²) in [5, 5.41) is 2.91. The molecule has 0 aliphatic heterocycles. The Morgan fingerprint density at radius 2 is 1.46 bits per heavy atom. The van der Waals surface area contributed by atoms with Crippen LogP contribution in [0.4, 0.5) is 5.69 Å². The van der Waals surface area contributed by atoms with Crippen molar-refractivity contribution in [3.8, 4) is 11.5 Å². The highest BCUT2D eigenvalue weighted by Gasteiger charge is 2.13. The standard InChI is InChI=1S/C27H26ClN3O6/c1-17-6-5-7-18(2)26(17)37-20-12-10-19(11-13-20)29-23(32)14-15-25(34)36-16-24(33)30-31-27(35)21-8-3-4-9-22(21)28/h3-13H,14-16H2,1-2H3,(H,29,32)(H,30,33)(H,31,35). The van der Waals surface area contributed by atoms with Crippen molar-refractivity contribution in [3.63, 3.8) is 0 Å². The molecule has 0 aliphatic rings. The Labute approximate surface area is 219 Å². The molecule has 3 rings (SSSR count). The first-order valence-electron chi connectivity index (χ1n) is 11.4. The topological polar surface area (TPSA) is 123 Å².